The van der Waals surface area contributed by atoms with E-state index in [9.17, 15) is 9.59 Å². The lowest BCUT2D eigenvalue weighted by molar-refractivity contribution is -0.129. The second kappa shape index (κ2) is 6.56. The molecule has 1 aromatic rings. The van der Waals surface area contributed by atoms with Crippen LogP contribution in [0, 0.1) is 3.57 Å². The van der Waals surface area contributed by atoms with Gasteiger partial charge in [0.05, 0.1) is 5.56 Å². The van der Waals surface area contributed by atoms with Crippen molar-refractivity contribution in [2.45, 2.75) is 0 Å². The van der Waals surface area contributed by atoms with Gasteiger partial charge in [0, 0.05) is 29.7 Å². The van der Waals surface area contributed by atoms with Crippen LogP contribution in [0.3, 0.4) is 0 Å². The number of hydrogen-bond donors (Lipinski definition) is 0. The molecule has 1 fully saturated rings. The zero-order chi connectivity index (χ0) is 13.8. The normalized spacial score (nSPS) is 15.5. The van der Waals surface area contributed by atoms with E-state index in [2.05, 4.69) is 22.6 Å². The summed E-state index contributed by atoms with van der Waals surface area (Å²) in [5, 5.41) is 0. The Morgan fingerprint density at radius 2 is 1.68 bits per heavy atom. The summed E-state index contributed by atoms with van der Waals surface area (Å²) in [6, 6.07) is 7.53. The molecule has 0 atom stereocenters. The van der Waals surface area contributed by atoms with Crippen LogP contribution in [0.2, 0.25) is 0 Å². The second-order valence-electron chi connectivity index (χ2n) is 4.29. The van der Waals surface area contributed by atoms with Crippen molar-refractivity contribution in [3.63, 3.8) is 0 Å². The number of benzene rings is 1. The van der Waals surface area contributed by atoms with Gasteiger partial charge in [-0.3, -0.25) is 9.59 Å². The predicted octanol–water partition coefficient (Wildman–Crippen LogP) is 1.81. The molecule has 1 aliphatic heterocycles. The largest absolute Gasteiger partial charge is 0.338 e. The fourth-order valence-corrected chi connectivity index (χ4v) is 2.84. The minimum Gasteiger partial charge on any atom is -0.338 e. The third-order valence-electron chi connectivity index (χ3n) is 3.14. The van der Waals surface area contributed by atoms with Crippen LogP contribution in [-0.4, -0.2) is 53.7 Å². The highest BCUT2D eigenvalue weighted by molar-refractivity contribution is 14.1. The number of halogens is 2. The van der Waals surface area contributed by atoms with Crippen molar-refractivity contribution in [3.05, 3.63) is 33.4 Å². The summed E-state index contributed by atoms with van der Waals surface area (Å²) in [5.41, 5.74) is 0.722. The summed E-state index contributed by atoms with van der Waals surface area (Å²) in [7, 11) is 0. The van der Waals surface area contributed by atoms with Crippen molar-refractivity contribution in [1.29, 1.82) is 0 Å². The number of piperazine rings is 1. The summed E-state index contributed by atoms with van der Waals surface area (Å²) in [5.74, 6) is -0.0316. The Morgan fingerprint density at radius 3 is 2.26 bits per heavy atom. The average molecular weight is 393 g/mol. The Hall–Kier alpha value is -0.820. The molecule has 0 aliphatic carbocycles. The van der Waals surface area contributed by atoms with Crippen LogP contribution in [0.15, 0.2) is 24.3 Å². The van der Waals surface area contributed by atoms with Crippen LogP contribution in [0.5, 0.6) is 0 Å². The van der Waals surface area contributed by atoms with Gasteiger partial charge in [-0.05, 0) is 34.7 Å². The van der Waals surface area contributed by atoms with Gasteiger partial charge >= 0.3 is 0 Å². The Labute approximate surface area is 130 Å². The lowest BCUT2D eigenvalue weighted by atomic mass is 10.2. The molecule has 0 unspecified atom stereocenters. The summed E-state index contributed by atoms with van der Waals surface area (Å²) in [4.78, 5) is 27.3. The molecule has 2 amide bonds. The van der Waals surface area contributed by atoms with Crippen LogP contribution in [0.4, 0.5) is 0 Å². The number of nitrogens with zero attached hydrogens (tertiary/aromatic N) is 2. The van der Waals surface area contributed by atoms with Crippen LogP contribution in [-0.2, 0) is 4.79 Å². The molecule has 6 heteroatoms. The van der Waals surface area contributed by atoms with Gasteiger partial charge in [-0.15, -0.1) is 11.6 Å². The zero-order valence-electron chi connectivity index (χ0n) is 10.3. The van der Waals surface area contributed by atoms with E-state index in [1.54, 1.807) is 9.80 Å². The maximum atomic E-state index is 12.4. The standard InChI is InChI=1S/C13H14ClIN2O2/c14-9-12(18)16-5-7-17(8-6-16)13(19)10-3-1-2-4-11(10)15/h1-4H,5-9H2. The monoisotopic (exact) mass is 392 g/mol. The van der Waals surface area contributed by atoms with Crippen LogP contribution in [0.1, 0.15) is 10.4 Å². The molecule has 1 heterocycles. The van der Waals surface area contributed by atoms with Crippen molar-refractivity contribution in [3.8, 4) is 0 Å². The molecule has 0 radical (unpaired) electrons. The number of rotatable bonds is 2. The number of alkyl halides is 1. The molecule has 1 aliphatic rings. The molecule has 0 bridgehead atoms. The number of carbonyl (C=O) groups is 2. The van der Waals surface area contributed by atoms with E-state index in [1.165, 1.54) is 0 Å². The lowest BCUT2D eigenvalue weighted by Gasteiger charge is -2.34. The highest BCUT2D eigenvalue weighted by Gasteiger charge is 2.25. The molecule has 0 N–H and O–H groups in total. The molecule has 0 saturated carbocycles. The predicted molar refractivity (Wildman–Crippen MR) is 82.4 cm³/mol. The Bertz CT molecular complexity index is 487. The smallest absolute Gasteiger partial charge is 0.255 e. The SMILES string of the molecule is O=C(CCl)N1CCN(C(=O)c2ccccc2I)CC1. The zero-order valence-corrected chi connectivity index (χ0v) is 13.2. The molecule has 2 rings (SSSR count). The summed E-state index contributed by atoms with van der Waals surface area (Å²) in [6.07, 6.45) is 0. The molecular formula is C13H14ClIN2O2. The molecule has 0 spiro atoms. The summed E-state index contributed by atoms with van der Waals surface area (Å²) < 4.78 is 0.948. The van der Waals surface area contributed by atoms with E-state index in [1.807, 2.05) is 24.3 Å². The van der Waals surface area contributed by atoms with Crippen molar-refractivity contribution in [2.24, 2.45) is 0 Å². The molecule has 1 saturated heterocycles. The first-order chi connectivity index (χ1) is 9.13. The third-order valence-corrected chi connectivity index (χ3v) is 4.31. The fourth-order valence-electron chi connectivity index (χ4n) is 2.05. The van der Waals surface area contributed by atoms with Crippen molar-refractivity contribution >= 4 is 46.0 Å². The molecule has 4 nitrogen and oxygen atoms in total. The van der Waals surface area contributed by atoms with E-state index in [-0.39, 0.29) is 17.7 Å². The second-order valence-corrected chi connectivity index (χ2v) is 5.72. The number of amides is 2. The molecule has 1 aromatic carbocycles. The minimum atomic E-state index is -0.0666. The fraction of sp³-hybridized carbons (Fsp3) is 0.385. The Balaban J connectivity index is 2.00. The first-order valence-corrected chi connectivity index (χ1v) is 7.62. The maximum absolute atomic E-state index is 12.4. The Kier molecular flexibility index (Phi) is 5.04. The van der Waals surface area contributed by atoms with Crippen LogP contribution in [0.25, 0.3) is 0 Å². The number of carbonyl (C=O) groups excluding carboxylic acids is 2. The van der Waals surface area contributed by atoms with Gasteiger partial charge in [0.2, 0.25) is 5.91 Å². The molecule has 0 aromatic heterocycles. The third kappa shape index (κ3) is 3.39. The van der Waals surface area contributed by atoms with E-state index in [0.29, 0.717) is 26.2 Å². The highest BCUT2D eigenvalue weighted by Crippen LogP contribution is 2.15. The van der Waals surface area contributed by atoms with Crippen molar-refractivity contribution in [1.82, 2.24) is 9.80 Å². The first kappa shape index (κ1) is 14.6. The van der Waals surface area contributed by atoms with Gasteiger partial charge in [0.1, 0.15) is 5.88 Å². The topological polar surface area (TPSA) is 40.6 Å². The van der Waals surface area contributed by atoms with Crippen molar-refractivity contribution in [2.75, 3.05) is 32.1 Å². The van der Waals surface area contributed by atoms with E-state index in [4.69, 9.17) is 11.6 Å². The quantitative estimate of drug-likeness (QED) is 0.569. The molecule has 19 heavy (non-hydrogen) atoms. The first-order valence-electron chi connectivity index (χ1n) is 6.01. The Morgan fingerprint density at radius 1 is 1.11 bits per heavy atom. The van der Waals surface area contributed by atoms with Gasteiger partial charge < -0.3 is 9.80 Å². The maximum Gasteiger partial charge on any atom is 0.255 e. The average Bonchev–Trinajstić information content (AvgIpc) is 2.46. The molecular weight excluding hydrogens is 379 g/mol. The number of hydrogen-bond acceptors (Lipinski definition) is 2. The summed E-state index contributed by atoms with van der Waals surface area (Å²) >= 11 is 7.69. The highest BCUT2D eigenvalue weighted by atomic mass is 127. The van der Waals surface area contributed by atoms with Gasteiger partial charge in [-0.25, -0.2) is 0 Å². The summed E-state index contributed by atoms with van der Waals surface area (Å²) in [6.45, 7) is 2.24. The molecule has 102 valence electrons. The van der Waals surface area contributed by atoms with E-state index >= 15 is 0 Å². The lowest BCUT2D eigenvalue weighted by Crippen LogP contribution is -2.51. The minimum absolute atomic E-state index is 0.00449. The van der Waals surface area contributed by atoms with E-state index in [0.717, 1.165) is 9.13 Å². The van der Waals surface area contributed by atoms with Crippen LogP contribution >= 0.6 is 34.2 Å². The van der Waals surface area contributed by atoms with Gasteiger partial charge in [-0.2, -0.15) is 0 Å². The van der Waals surface area contributed by atoms with Gasteiger partial charge in [-0.1, -0.05) is 12.1 Å². The van der Waals surface area contributed by atoms with Gasteiger partial charge in [0.15, 0.2) is 0 Å². The van der Waals surface area contributed by atoms with Crippen LogP contribution < -0.4 is 0 Å². The van der Waals surface area contributed by atoms with Gasteiger partial charge in [0.25, 0.3) is 5.91 Å². The van der Waals surface area contributed by atoms with Crippen molar-refractivity contribution < 1.29 is 9.59 Å². The van der Waals surface area contributed by atoms with E-state index < -0.39 is 0 Å².